The molecule has 0 atom stereocenters. The van der Waals surface area contributed by atoms with Crippen molar-refractivity contribution in [2.45, 2.75) is 25.7 Å². The highest BCUT2D eigenvalue weighted by Gasteiger charge is 2.19. The van der Waals surface area contributed by atoms with Gasteiger partial charge in [-0.25, -0.2) is 4.79 Å². The average Bonchev–Trinajstić information content (AvgIpc) is 2.38. The molecule has 1 fully saturated rings. The molecule has 0 aromatic rings. The zero-order valence-electron chi connectivity index (χ0n) is 10.2. The van der Waals surface area contributed by atoms with E-state index in [0.29, 0.717) is 6.61 Å². The molecule has 2 rings (SSSR count). The predicted molar refractivity (Wildman–Crippen MR) is 67.8 cm³/mol. The monoisotopic (exact) mass is 233 g/mol. The lowest BCUT2D eigenvalue weighted by Crippen LogP contribution is -2.36. The molecule has 0 radical (unpaired) electrons. The molecule has 17 heavy (non-hydrogen) atoms. The maximum absolute atomic E-state index is 11.8. The topological polar surface area (TPSA) is 29.5 Å². The van der Waals surface area contributed by atoms with E-state index in [1.165, 1.54) is 5.57 Å². The summed E-state index contributed by atoms with van der Waals surface area (Å²) in [5.41, 5.74) is 2.33. The molecule has 0 spiro atoms. The third-order valence-electron chi connectivity index (χ3n) is 3.16. The van der Waals surface area contributed by atoms with E-state index in [1.54, 1.807) is 4.90 Å². The summed E-state index contributed by atoms with van der Waals surface area (Å²) in [5, 5.41) is 0. The first-order valence-electron chi connectivity index (χ1n) is 6.19. The van der Waals surface area contributed by atoms with Crippen molar-refractivity contribution in [2.24, 2.45) is 0 Å². The van der Waals surface area contributed by atoms with Crippen LogP contribution in [0.2, 0.25) is 0 Å². The van der Waals surface area contributed by atoms with Crippen molar-refractivity contribution < 1.29 is 9.53 Å². The highest BCUT2D eigenvalue weighted by Crippen LogP contribution is 2.15. The minimum atomic E-state index is -0.197. The van der Waals surface area contributed by atoms with E-state index in [4.69, 9.17) is 4.74 Å². The van der Waals surface area contributed by atoms with Crippen molar-refractivity contribution in [1.29, 1.82) is 0 Å². The first-order chi connectivity index (χ1) is 8.25. The Morgan fingerprint density at radius 1 is 1.35 bits per heavy atom. The van der Waals surface area contributed by atoms with E-state index in [2.05, 4.69) is 18.7 Å². The summed E-state index contributed by atoms with van der Waals surface area (Å²) in [6.07, 6.45) is 10.0. The van der Waals surface area contributed by atoms with Crippen LogP contribution in [0.3, 0.4) is 0 Å². The summed E-state index contributed by atoms with van der Waals surface area (Å²) < 4.78 is 5.29. The summed E-state index contributed by atoms with van der Waals surface area (Å²) in [6, 6.07) is 0. The van der Waals surface area contributed by atoms with Crippen molar-refractivity contribution in [2.75, 3.05) is 19.7 Å². The molecule has 0 saturated carbocycles. The number of allylic oxidation sites excluding steroid dienone is 2. The van der Waals surface area contributed by atoms with Gasteiger partial charge in [0.25, 0.3) is 0 Å². The maximum atomic E-state index is 11.8. The highest BCUT2D eigenvalue weighted by atomic mass is 16.6. The highest BCUT2D eigenvalue weighted by molar-refractivity contribution is 5.68. The van der Waals surface area contributed by atoms with Crippen LogP contribution in [0.25, 0.3) is 0 Å². The van der Waals surface area contributed by atoms with Gasteiger partial charge in [-0.3, -0.25) is 0 Å². The fourth-order valence-electron chi connectivity index (χ4n) is 2.02. The second-order valence-corrected chi connectivity index (χ2v) is 4.55. The number of rotatable bonds is 2. The van der Waals surface area contributed by atoms with E-state index < -0.39 is 0 Å². The molecule has 3 heteroatoms. The third kappa shape index (κ3) is 3.48. The smallest absolute Gasteiger partial charge is 0.410 e. The van der Waals surface area contributed by atoms with E-state index in [1.807, 2.05) is 6.08 Å². The van der Waals surface area contributed by atoms with Crippen LogP contribution in [-0.4, -0.2) is 30.7 Å². The number of likely N-dealkylation sites (tertiary alicyclic amines) is 1. The first-order valence-corrected chi connectivity index (χ1v) is 6.19. The number of nitrogens with zero attached hydrogens (tertiary/aromatic N) is 1. The van der Waals surface area contributed by atoms with Crippen molar-refractivity contribution in [3.63, 3.8) is 0 Å². The van der Waals surface area contributed by atoms with Gasteiger partial charge in [-0.2, -0.15) is 0 Å². The fourth-order valence-corrected chi connectivity index (χ4v) is 2.02. The minimum absolute atomic E-state index is 0.197. The van der Waals surface area contributed by atoms with Crippen molar-refractivity contribution >= 4 is 6.09 Å². The van der Waals surface area contributed by atoms with Crippen molar-refractivity contribution in [3.05, 3.63) is 36.0 Å². The standard InChI is InChI=1S/C14H19NO2/c1-12-7-9-15(10-8-12)14(16)17-11-13-5-3-2-4-6-13/h3,5-6H,1-2,4,7-11H2. The van der Waals surface area contributed by atoms with Gasteiger partial charge in [-0.15, -0.1) is 0 Å². The Morgan fingerprint density at radius 3 is 2.76 bits per heavy atom. The first kappa shape index (κ1) is 12.0. The molecule has 92 valence electrons. The molecule has 2 aliphatic rings. The van der Waals surface area contributed by atoms with Gasteiger partial charge < -0.3 is 9.64 Å². The van der Waals surface area contributed by atoms with Crippen molar-refractivity contribution in [1.82, 2.24) is 4.90 Å². The Labute approximate surface area is 102 Å². The predicted octanol–water partition coefficient (Wildman–Crippen LogP) is 3.05. The molecule has 0 unspecified atom stereocenters. The number of amides is 1. The average molecular weight is 233 g/mol. The number of carbonyl (C=O) groups is 1. The molecule has 1 amide bonds. The largest absolute Gasteiger partial charge is 0.445 e. The van der Waals surface area contributed by atoms with Crippen LogP contribution in [-0.2, 0) is 4.74 Å². The molecular weight excluding hydrogens is 214 g/mol. The van der Waals surface area contributed by atoms with Gasteiger partial charge in [0.15, 0.2) is 0 Å². The molecular formula is C14H19NO2. The summed E-state index contributed by atoms with van der Waals surface area (Å²) in [6.45, 7) is 5.81. The molecule has 1 aliphatic carbocycles. The second kappa shape index (κ2) is 5.71. The Bertz CT molecular complexity index is 358. The van der Waals surface area contributed by atoms with E-state index in [0.717, 1.165) is 44.3 Å². The summed E-state index contributed by atoms with van der Waals surface area (Å²) in [5.74, 6) is 0. The van der Waals surface area contributed by atoms with Crippen LogP contribution in [0, 0.1) is 0 Å². The lowest BCUT2D eigenvalue weighted by Gasteiger charge is -2.27. The van der Waals surface area contributed by atoms with Crippen LogP contribution in [0.5, 0.6) is 0 Å². The SMILES string of the molecule is C=C1CCN(C(=O)OCC2=CCCC=C2)CC1. The molecule has 1 aliphatic heterocycles. The fraction of sp³-hybridized carbons (Fsp3) is 0.500. The Hall–Kier alpha value is -1.51. The van der Waals surface area contributed by atoms with E-state index >= 15 is 0 Å². The Balaban J connectivity index is 1.75. The van der Waals surface area contributed by atoms with Crippen LogP contribution in [0.4, 0.5) is 4.79 Å². The third-order valence-corrected chi connectivity index (χ3v) is 3.16. The molecule has 0 N–H and O–H groups in total. The molecule has 0 bridgehead atoms. The number of ether oxygens (including phenoxy) is 1. The van der Waals surface area contributed by atoms with Crippen LogP contribution >= 0.6 is 0 Å². The van der Waals surface area contributed by atoms with Gasteiger partial charge in [0, 0.05) is 13.1 Å². The summed E-state index contributed by atoms with van der Waals surface area (Å²) >= 11 is 0. The van der Waals surface area contributed by atoms with Crippen molar-refractivity contribution in [3.8, 4) is 0 Å². The summed E-state index contributed by atoms with van der Waals surface area (Å²) in [7, 11) is 0. The molecule has 1 saturated heterocycles. The lowest BCUT2D eigenvalue weighted by molar-refractivity contribution is 0.108. The molecule has 1 heterocycles. The van der Waals surface area contributed by atoms with Crippen LogP contribution < -0.4 is 0 Å². The zero-order valence-corrected chi connectivity index (χ0v) is 10.2. The lowest BCUT2D eigenvalue weighted by atomic mass is 10.1. The quantitative estimate of drug-likeness (QED) is 0.686. The van der Waals surface area contributed by atoms with Crippen LogP contribution in [0.1, 0.15) is 25.7 Å². The van der Waals surface area contributed by atoms with Gasteiger partial charge in [0.05, 0.1) is 0 Å². The number of carbonyl (C=O) groups excluding carboxylic acids is 1. The minimum Gasteiger partial charge on any atom is -0.445 e. The van der Waals surface area contributed by atoms with E-state index in [9.17, 15) is 4.79 Å². The van der Waals surface area contributed by atoms with Gasteiger partial charge in [-0.05, 0) is 31.3 Å². The summed E-state index contributed by atoms with van der Waals surface area (Å²) in [4.78, 5) is 13.5. The normalized spacial score (nSPS) is 20.1. The maximum Gasteiger partial charge on any atom is 0.410 e. The number of piperidine rings is 1. The van der Waals surface area contributed by atoms with Gasteiger partial charge in [0.2, 0.25) is 0 Å². The Morgan fingerprint density at radius 2 is 2.12 bits per heavy atom. The van der Waals surface area contributed by atoms with E-state index in [-0.39, 0.29) is 6.09 Å². The molecule has 3 nitrogen and oxygen atoms in total. The Kier molecular flexibility index (Phi) is 4.02. The molecule has 0 aromatic carbocycles. The van der Waals surface area contributed by atoms with Gasteiger partial charge in [0.1, 0.15) is 6.61 Å². The number of hydrogen-bond donors (Lipinski definition) is 0. The zero-order chi connectivity index (χ0) is 12.1. The second-order valence-electron chi connectivity index (χ2n) is 4.55. The van der Waals surface area contributed by atoms with Crippen LogP contribution in [0.15, 0.2) is 36.0 Å². The van der Waals surface area contributed by atoms with Gasteiger partial charge in [-0.1, -0.05) is 30.4 Å². The van der Waals surface area contributed by atoms with Gasteiger partial charge >= 0.3 is 6.09 Å². The molecule has 0 aromatic heterocycles. The number of hydrogen-bond acceptors (Lipinski definition) is 2.